The average Bonchev–Trinajstić information content (AvgIpc) is 3.21. The Balaban J connectivity index is 1.77. The zero-order valence-electron chi connectivity index (χ0n) is 14.5. The Kier molecular flexibility index (Phi) is 5.22. The van der Waals surface area contributed by atoms with Gasteiger partial charge in [-0.3, -0.25) is 0 Å². The molecule has 0 N–H and O–H groups in total. The van der Waals surface area contributed by atoms with Crippen LogP contribution in [0.3, 0.4) is 0 Å². The Morgan fingerprint density at radius 3 is 2.62 bits per heavy atom. The molecule has 0 unspecified atom stereocenters. The van der Waals surface area contributed by atoms with Crippen LogP contribution in [0.1, 0.15) is 34.6 Å². The minimum Gasteiger partial charge on any atom is -0.462 e. The van der Waals surface area contributed by atoms with E-state index in [9.17, 15) is 9.59 Å². The van der Waals surface area contributed by atoms with Crippen molar-refractivity contribution < 1.29 is 27.9 Å². The Labute approximate surface area is 150 Å². The minimum absolute atomic E-state index is 0.0477. The van der Waals surface area contributed by atoms with E-state index in [-0.39, 0.29) is 19.0 Å². The van der Waals surface area contributed by atoms with Crippen molar-refractivity contribution in [1.82, 2.24) is 0 Å². The molecule has 3 aromatic rings. The third kappa shape index (κ3) is 3.85. The zero-order valence-corrected chi connectivity index (χ0v) is 14.5. The number of aryl methyl sites for hydroxylation is 1. The summed E-state index contributed by atoms with van der Waals surface area (Å²) in [7, 11) is 0. The van der Waals surface area contributed by atoms with Crippen molar-refractivity contribution in [3.05, 3.63) is 65.3 Å². The summed E-state index contributed by atoms with van der Waals surface area (Å²) in [6.45, 7) is 3.64. The van der Waals surface area contributed by atoms with Crippen LogP contribution in [0.15, 0.2) is 51.3 Å². The average molecular weight is 354 g/mol. The fourth-order valence-corrected chi connectivity index (χ4v) is 2.49. The number of carbonyl (C=O) groups is 2. The van der Waals surface area contributed by atoms with Crippen molar-refractivity contribution in [2.24, 2.45) is 0 Å². The van der Waals surface area contributed by atoms with Crippen molar-refractivity contribution in [3.8, 4) is 0 Å². The molecular formula is C20H18O6. The number of hydrogen-bond donors (Lipinski definition) is 0. The smallest absolute Gasteiger partial charge is 0.374 e. The molecule has 0 amide bonds. The van der Waals surface area contributed by atoms with Gasteiger partial charge in [-0.25, -0.2) is 9.59 Å². The molecule has 0 spiro atoms. The number of furan rings is 2. The largest absolute Gasteiger partial charge is 0.462 e. The first-order chi connectivity index (χ1) is 12.6. The molecule has 26 heavy (non-hydrogen) atoms. The number of carbonyl (C=O) groups excluding carboxylic acids is 2. The van der Waals surface area contributed by atoms with Crippen LogP contribution >= 0.6 is 0 Å². The van der Waals surface area contributed by atoms with E-state index in [1.165, 1.54) is 12.2 Å². The maximum atomic E-state index is 12.1. The summed E-state index contributed by atoms with van der Waals surface area (Å²) in [5.41, 5.74) is 1.01. The molecule has 6 heteroatoms. The molecule has 0 atom stereocenters. The Morgan fingerprint density at radius 1 is 1.08 bits per heavy atom. The lowest BCUT2D eigenvalue weighted by atomic mass is 10.1. The second kappa shape index (κ2) is 7.74. The van der Waals surface area contributed by atoms with E-state index in [0.29, 0.717) is 22.3 Å². The first kappa shape index (κ1) is 17.5. The highest BCUT2D eigenvalue weighted by Gasteiger charge is 2.22. The lowest BCUT2D eigenvalue weighted by molar-refractivity contribution is -0.138. The monoisotopic (exact) mass is 354 g/mol. The van der Waals surface area contributed by atoms with Crippen molar-refractivity contribution in [2.75, 3.05) is 6.61 Å². The number of fused-ring (bicyclic) bond motifs is 1. The topological polar surface area (TPSA) is 78.9 Å². The van der Waals surface area contributed by atoms with E-state index in [4.69, 9.17) is 18.3 Å². The first-order valence-corrected chi connectivity index (χ1v) is 8.17. The highest BCUT2D eigenvalue weighted by Crippen LogP contribution is 2.27. The molecule has 0 bridgehead atoms. The van der Waals surface area contributed by atoms with Gasteiger partial charge in [0.15, 0.2) is 0 Å². The highest BCUT2D eigenvalue weighted by atomic mass is 16.5. The molecule has 3 rings (SSSR count). The Bertz CT molecular complexity index is 960. The Morgan fingerprint density at radius 2 is 1.88 bits per heavy atom. The molecule has 0 aliphatic heterocycles. The molecule has 1 aromatic carbocycles. The standard InChI is InChI=1S/C20H18O6/c1-3-23-20(22)19-16(15-6-4-5-7-17(15)26-19)12-24-18(21)11-10-14-9-8-13(2)25-14/h4-11H,3,12H2,1-2H3. The van der Waals surface area contributed by atoms with E-state index in [1.807, 2.05) is 13.0 Å². The Hall–Kier alpha value is -3.28. The quantitative estimate of drug-likeness (QED) is 0.486. The molecule has 2 heterocycles. The van der Waals surface area contributed by atoms with Crippen molar-refractivity contribution >= 4 is 29.0 Å². The van der Waals surface area contributed by atoms with E-state index in [0.717, 1.165) is 5.76 Å². The van der Waals surface area contributed by atoms with E-state index >= 15 is 0 Å². The summed E-state index contributed by atoms with van der Waals surface area (Å²) in [4.78, 5) is 24.1. The maximum absolute atomic E-state index is 12.1. The second-order valence-corrected chi connectivity index (χ2v) is 5.52. The van der Waals surface area contributed by atoms with Gasteiger partial charge in [-0.05, 0) is 38.1 Å². The van der Waals surface area contributed by atoms with Crippen LogP contribution in [0.25, 0.3) is 17.0 Å². The van der Waals surface area contributed by atoms with Gasteiger partial charge in [-0.15, -0.1) is 0 Å². The molecule has 0 saturated heterocycles. The van der Waals surface area contributed by atoms with Gasteiger partial charge in [0.25, 0.3) is 0 Å². The van der Waals surface area contributed by atoms with Crippen molar-refractivity contribution in [3.63, 3.8) is 0 Å². The number of benzene rings is 1. The predicted molar refractivity (Wildman–Crippen MR) is 94.4 cm³/mol. The van der Waals surface area contributed by atoms with Crippen LogP contribution < -0.4 is 0 Å². The van der Waals surface area contributed by atoms with Crippen LogP contribution in [-0.4, -0.2) is 18.5 Å². The lowest BCUT2D eigenvalue weighted by Gasteiger charge is -2.04. The molecule has 0 fully saturated rings. The summed E-state index contributed by atoms with van der Waals surface area (Å²) in [5.74, 6) is 0.212. The number of esters is 2. The summed E-state index contributed by atoms with van der Waals surface area (Å²) >= 11 is 0. The van der Waals surface area contributed by atoms with E-state index in [2.05, 4.69) is 0 Å². The molecule has 0 saturated carbocycles. The van der Waals surface area contributed by atoms with Crippen molar-refractivity contribution in [2.45, 2.75) is 20.5 Å². The zero-order chi connectivity index (χ0) is 18.5. The van der Waals surface area contributed by atoms with Crippen LogP contribution in [0, 0.1) is 6.92 Å². The normalized spacial score (nSPS) is 11.2. The number of ether oxygens (including phenoxy) is 2. The molecule has 0 radical (unpaired) electrons. The van der Waals surface area contributed by atoms with Gasteiger partial charge in [0.05, 0.1) is 12.2 Å². The third-order valence-electron chi connectivity index (χ3n) is 3.66. The van der Waals surface area contributed by atoms with E-state index in [1.54, 1.807) is 37.3 Å². The summed E-state index contributed by atoms with van der Waals surface area (Å²) in [5, 5.41) is 0.703. The molecule has 6 nitrogen and oxygen atoms in total. The molecule has 134 valence electrons. The van der Waals surface area contributed by atoms with Gasteiger partial charge >= 0.3 is 11.9 Å². The maximum Gasteiger partial charge on any atom is 0.374 e. The number of hydrogen-bond acceptors (Lipinski definition) is 6. The SMILES string of the molecule is CCOC(=O)c1oc2ccccc2c1COC(=O)C=Cc1ccc(C)o1. The predicted octanol–water partition coefficient (Wildman–Crippen LogP) is 4.27. The lowest BCUT2D eigenvalue weighted by Crippen LogP contribution is -2.08. The van der Waals surface area contributed by atoms with Gasteiger partial charge in [0.1, 0.15) is 23.7 Å². The minimum atomic E-state index is -0.587. The first-order valence-electron chi connectivity index (χ1n) is 8.17. The van der Waals surface area contributed by atoms with E-state index < -0.39 is 11.9 Å². The van der Waals surface area contributed by atoms with Crippen LogP contribution in [-0.2, 0) is 20.9 Å². The van der Waals surface area contributed by atoms with Crippen LogP contribution in [0.2, 0.25) is 0 Å². The molecule has 0 aliphatic carbocycles. The number of para-hydroxylation sites is 1. The molecular weight excluding hydrogens is 336 g/mol. The van der Waals surface area contributed by atoms with Crippen LogP contribution in [0.5, 0.6) is 0 Å². The number of rotatable bonds is 6. The molecule has 0 aliphatic rings. The van der Waals surface area contributed by atoms with Gasteiger partial charge in [-0.2, -0.15) is 0 Å². The van der Waals surface area contributed by atoms with Crippen LogP contribution in [0.4, 0.5) is 0 Å². The third-order valence-corrected chi connectivity index (χ3v) is 3.66. The summed E-state index contributed by atoms with van der Waals surface area (Å²) in [6, 6.07) is 10.7. The fraction of sp³-hybridized carbons (Fsp3) is 0.200. The van der Waals surface area contributed by atoms with Gasteiger partial charge < -0.3 is 18.3 Å². The molecule has 2 aromatic heterocycles. The highest BCUT2D eigenvalue weighted by molar-refractivity contribution is 5.96. The van der Waals surface area contributed by atoms with Gasteiger partial charge in [0.2, 0.25) is 5.76 Å². The van der Waals surface area contributed by atoms with Gasteiger partial charge in [-0.1, -0.05) is 18.2 Å². The fourth-order valence-electron chi connectivity index (χ4n) is 2.49. The summed E-state index contributed by atoms with van der Waals surface area (Å²) in [6.07, 6.45) is 2.79. The van der Waals surface area contributed by atoms with Crippen molar-refractivity contribution in [1.29, 1.82) is 0 Å². The van der Waals surface area contributed by atoms with Gasteiger partial charge in [0, 0.05) is 11.5 Å². The summed E-state index contributed by atoms with van der Waals surface area (Å²) < 4.78 is 21.2. The second-order valence-electron chi connectivity index (χ2n) is 5.52.